The van der Waals surface area contributed by atoms with Gasteiger partial charge in [-0.25, -0.2) is 9.78 Å². The van der Waals surface area contributed by atoms with Gasteiger partial charge in [-0.3, -0.25) is 4.79 Å². The second-order valence-electron chi connectivity index (χ2n) is 5.67. The molecule has 0 saturated heterocycles. The minimum atomic E-state index is -0.952. The summed E-state index contributed by atoms with van der Waals surface area (Å²) >= 11 is 1.21. The van der Waals surface area contributed by atoms with Gasteiger partial charge in [-0.2, -0.15) is 0 Å². The number of H-pyrrole nitrogens is 1. The van der Waals surface area contributed by atoms with Crippen LogP contribution in [0.1, 0.15) is 9.67 Å². The number of para-hydroxylation sites is 2. The molecule has 0 spiro atoms. The van der Waals surface area contributed by atoms with Crippen molar-refractivity contribution in [2.75, 3.05) is 17.2 Å². The maximum Gasteiger partial charge on any atom is 0.345 e. The molecule has 0 bridgehead atoms. The number of aromatic nitrogens is 2. The molecule has 0 unspecified atom stereocenters. The van der Waals surface area contributed by atoms with E-state index < -0.39 is 5.97 Å². The van der Waals surface area contributed by atoms with Crippen LogP contribution in [-0.4, -0.2) is 33.5 Å². The van der Waals surface area contributed by atoms with E-state index in [1.54, 1.807) is 24.3 Å². The second-order valence-corrected chi connectivity index (χ2v) is 6.76. The normalized spacial score (nSPS) is 10.9. The van der Waals surface area contributed by atoms with Crippen LogP contribution in [0, 0.1) is 0 Å². The highest BCUT2D eigenvalue weighted by Gasteiger charge is 2.10. The van der Waals surface area contributed by atoms with E-state index >= 15 is 0 Å². The first kappa shape index (κ1) is 16.1. The predicted octanol–water partition coefficient (Wildman–Crippen LogP) is 3.53. The van der Waals surface area contributed by atoms with Crippen molar-refractivity contribution in [3.05, 3.63) is 53.4 Å². The number of benzene rings is 2. The van der Waals surface area contributed by atoms with Crippen LogP contribution >= 0.6 is 11.3 Å². The van der Waals surface area contributed by atoms with E-state index in [0.717, 1.165) is 21.1 Å². The zero-order chi connectivity index (χ0) is 18.1. The van der Waals surface area contributed by atoms with Gasteiger partial charge < -0.3 is 20.7 Å². The molecule has 2 heterocycles. The first-order chi connectivity index (χ1) is 12.6. The topological polar surface area (TPSA) is 107 Å². The average molecular weight is 366 g/mol. The average Bonchev–Trinajstić information content (AvgIpc) is 3.23. The van der Waals surface area contributed by atoms with Crippen LogP contribution in [0.15, 0.2) is 48.5 Å². The number of carboxylic acid groups (broad SMARTS) is 1. The molecule has 0 atom stereocenters. The van der Waals surface area contributed by atoms with Gasteiger partial charge in [-0.15, -0.1) is 11.3 Å². The number of rotatable bonds is 5. The molecule has 0 aliphatic rings. The zero-order valence-corrected chi connectivity index (χ0v) is 14.3. The maximum atomic E-state index is 12.1. The maximum absolute atomic E-state index is 12.1. The number of thiophene rings is 1. The summed E-state index contributed by atoms with van der Waals surface area (Å²) in [5, 5.41) is 15.6. The molecule has 0 saturated carbocycles. The Morgan fingerprint density at radius 2 is 2.00 bits per heavy atom. The minimum absolute atomic E-state index is 0.0574. The minimum Gasteiger partial charge on any atom is -0.477 e. The summed E-state index contributed by atoms with van der Waals surface area (Å²) in [5.74, 6) is -0.647. The third-order valence-electron chi connectivity index (χ3n) is 3.82. The zero-order valence-electron chi connectivity index (χ0n) is 13.4. The lowest BCUT2D eigenvalue weighted by Crippen LogP contribution is -2.22. The molecule has 0 fully saturated rings. The van der Waals surface area contributed by atoms with Gasteiger partial charge in [0.05, 0.1) is 17.6 Å². The Kier molecular flexibility index (Phi) is 4.02. The van der Waals surface area contributed by atoms with Crippen molar-refractivity contribution in [2.24, 2.45) is 0 Å². The van der Waals surface area contributed by atoms with Crippen LogP contribution < -0.4 is 10.6 Å². The number of carbonyl (C=O) groups is 2. The standard InChI is InChI=1S/C18H14N4O3S/c23-16(9-19-18-21-12-3-1-2-4-13(12)22-18)20-11-5-6-14-10(7-11)8-15(26-14)17(24)25/h1-8H,9H2,(H,20,23)(H,24,25)(H2,19,21,22). The fourth-order valence-corrected chi connectivity index (χ4v) is 3.51. The molecular formula is C18H14N4O3S. The van der Waals surface area contributed by atoms with Crippen LogP contribution in [-0.2, 0) is 4.79 Å². The van der Waals surface area contributed by atoms with E-state index in [2.05, 4.69) is 20.6 Å². The number of hydrogen-bond donors (Lipinski definition) is 4. The quantitative estimate of drug-likeness (QED) is 0.432. The number of carbonyl (C=O) groups excluding carboxylic acids is 1. The molecule has 4 N–H and O–H groups in total. The number of nitrogens with one attached hydrogen (secondary N) is 3. The number of imidazole rings is 1. The molecule has 0 radical (unpaired) electrons. The molecule has 1 amide bonds. The lowest BCUT2D eigenvalue weighted by molar-refractivity contribution is -0.114. The van der Waals surface area contributed by atoms with E-state index in [4.69, 9.17) is 5.11 Å². The summed E-state index contributed by atoms with van der Waals surface area (Å²) in [6.07, 6.45) is 0. The Balaban J connectivity index is 1.42. The molecule has 26 heavy (non-hydrogen) atoms. The molecule has 130 valence electrons. The fraction of sp³-hybridized carbons (Fsp3) is 0.0556. The van der Waals surface area contributed by atoms with Crippen molar-refractivity contribution in [2.45, 2.75) is 0 Å². The van der Waals surface area contributed by atoms with Crippen molar-refractivity contribution in [1.29, 1.82) is 0 Å². The van der Waals surface area contributed by atoms with Gasteiger partial charge in [-0.05, 0) is 41.8 Å². The molecule has 0 aliphatic heterocycles. The highest BCUT2D eigenvalue weighted by molar-refractivity contribution is 7.20. The van der Waals surface area contributed by atoms with Gasteiger partial charge in [0.1, 0.15) is 4.88 Å². The van der Waals surface area contributed by atoms with E-state index in [1.165, 1.54) is 11.3 Å². The third-order valence-corrected chi connectivity index (χ3v) is 4.92. The van der Waals surface area contributed by atoms with Gasteiger partial charge in [0.2, 0.25) is 11.9 Å². The number of amides is 1. The molecule has 4 rings (SSSR count). The van der Waals surface area contributed by atoms with Crippen molar-refractivity contribution in [1.82, 2.24) is 9.97 Å². The summed E-state index contributed by atoms with van der Waals surface area (Å²) < 4.78 is 0.862. The van der Waals surface area contributed by atoms with Gasteiger partial charge in [0, 0.05) is 10.4 Å². The van der Waals surface area contributed by atoms with Crippen molar-refractivity contribution in [3.63, 3.8) is 0 Å². The van der Waals surface area contributed by atoms with Gasteiger partial charge in [0.15, 0.2) is 0 Å². The van der Waals surface area contributed by atoms with E-state index in [9.17, 15) is 9.59 Å². The molecule has 2 aromatic carbocycles. The molecule has 2 aromatic heterocycles. The van der Waals surface area contributed by atoms with Crippen LogP contribution in [0.2, 0.25) is 0 Å². The number of carboxylic acids is 1. The Morgan fingerprint density at radius 1 is 1.15 bits per heavy atom. The van der Waals surface area contributed by atoms with Gasteiger partial charge in [-0.1, -0.05) is 12.1 Å². The van der Waals surface area contributed by atoms with Crippen molar-refractivity contribution < 1.29 is 14.7 Å². The number of aromatic amines is 1. The summed E-state index contributed by atoms with van der Waals surface area (Å²) in [4.78, 5) is 30.9. The SMILES string of the molecule is O=C(CNc1nc2ccccc2[nH]1)Nc1ccc2sc(C(=O)O)cc2c1. The predicted molar refractivity (Wildman–Crippen MR) is 102 cm³/mol. The van der Waals surface area contributed by atoms with Crippen LogP contribution in [0.5, 0.6) is 0 Å². The van der Waals surface area contributed by atoms with Crippen LogP contribution in [0.4, 0.5) is 11.6 Å². The number of anilines is 2. The number of aromatic carboxylic acids is 1. The Morgan fingerprint density at radius 3 is 2.81 bits per heavy atom. The van der Waals surface area contributed by atoms with Crippen LogP contribution in [0.3, 0.4) is 0 Å². The Hall–Kier alpha value is -3.39. The van der Waals surface area contributed by atoms with Crippen molar-refractivity contribution in [3.8, 4) is 0 Å². The molecule has 8 heteroatoms. The summed E-state index contributed by atoms with van der Waals surface area (Å²) in [6.45, 7) is 0.0574. The fourth-order valence-electron chi connectivity index (χ4n) is 2.63. The highest BCUT2D eigenvalue weighted by Crippen LogP contribution is 2.28. The van der Waals surface area contributed by atoms with E-state index in [0.29, 0.717) is 11.6 Å². The molecule has 0 aliphatic carbocycles. The third kappa shape index (κ3) is 3.22. The van der Waals surface area contributed by atoms with E-state index in [-0.39, 0.29) is 17.3 Å². The first-order valence-electron chi connectivity index (χ1n) is 7.84. The Labute approximate surface area is 151 Å². The number of hydrogen-bond acceptors (Lipinski definition) is 5. The van der Waals surface area contributed by atoms with Gasteiger partial charge >= 0.3 is 5.97 Å². The summed E-state index contributed by atoms with van der Waals surface area (Å²) in [7, 11) is 0. The monoisotopic (exact) mass is 366 g/mol. The Bertz CT molecular complexity index is 1100. The molecule has 7 nitrogen and oxygen atoms in total. The second kappa shape index (κ2) is 6.49. The summed E-state index contributed by atoms with van der Waals surface area (Å²) in [5.41, 5.74) is 2.34. The molecular weight excluding hydrogens is 352 g/mol. The van der Waals surface area contributed by atoms with Crippen molar-refractivity contribution >= 4 is 56.0 Å². The highest BCUT2D eigenvalue weighted by atomic mass is 32.1. The molecule has 4 aromatic rings. The largest absolute Gasteiger partial charge is 0.477 e. The lowest BCUT2D eigenvalue weighted by Gasteiger charge is -2.06. The summed E-state index contributed by atoms with van der Waals surface area (Å²) in [6, 6.07) is 14.5. The number of fused-ring (bicyclic) bond motifs is 2. The first-order valence-corrected chi connectivity index (χ1v) is 8.65. The van der Waals surface area contributed by atoms with E-state index in [1.807, 2.05) is 24.3 Å². The van der Waals surface area contributed by atoms with Crippen LogP contribution in [0.25, 0.3) is 21.1 Å². The number of nitrogens with zero attached hydrogens (tertiary/aromatic N) is 1. The van der Waals surface area contributed by atoms with Gasteiger partial charge in [0.25, 0.3) is 0 Å². The smallest absolute Gasteiger partial charge is 0.345 e. The lowest BCUT2D eigenvalue weighted by atomic mass is 10.2.